The number of hydrogen-bond acceptors (Lipinski definition) is 7. The van der Waals surface area contributed by atoms with E-state index in [9.17, 15) is 13.2 Å². The molecule has 3 aliphatic rings. The lowest BCUT2D eigenvalue weighted by atomic mass is 9.90. The van der Waals surface area contributed by atoms with Gasteiger partial charge in [-0.05, 0) is 81.7 Å². The second-order valence-electron chi connectivity index (χ2n) is 12.2. The van der Waals surface area contributed by atoms with E-state index >= 15 is 0 Å². The molecule has 3 heterocycles. The minimum absolute atomic E-state index is 0.0208. The molecule has 1 aliphatic carbocycles. The van der Waals surface area contributed by atoms with E-state index in [-0.39, 0.29) is 17.7 Å². The smallest absolute Gasteiger partial charge is 0.264 e. The summed E-state index contributed by atoms with van der Waals surface area (Å²) in [6.07, 6.45) is 9.61. The number of methoxy groups -OCH3 is 1. The number of rotatable bonds is 6. The molecule has 3 aromatic rings. The van der Waals surface area contributed by atoms with Crippen LogP contribution in [-0.4, -0.2) is 62.4 Å². The molecule has 43 heavy (non-hydrogen) atoms. The van der Waals surface area contributed by atoms with Crippen LogP contribution in [0.2, 0.25) is 0 Å². The first kappa shape index (κ1) is 30.0. The van der Waals surface area contributed by atoms with Gasteiger partial charge in [-0.2, -0.15) is 0 Å². The summed E-state index contributed by atoms with van der Waals surface area (Å²) in [6, 6.07) is 9.57. The van der Waals surface area contributed by atoms with Crippen LogP contribution in [0.25, 0.3) is 10.9 Å². The second kappa shape index (κ2) is 12.9. The third-order valence-corrected chi connectivity index (χ3v) is 11.2. The number of carbonyl (C=O) groups excluding carboxylic acids is 1. The van der Waals surface area contributed by atoms with Gasteiger partial charge >= 0.3 is 0 Å². The monoisotopic (exact) mass is 609 g/mol. The van der Waals surface area contributed by atoms with E-state index in [0.29, 0.717) is 31.7 Å². The van der Waals surface area contributed by atoms with Gasteiger partial charge in [0.25, 0.3) is 5.91 Å². The van der Waals surface area contributed by atoms with E-state index in [1.807, 2.05) is 12.3 Å². The highest BCUT2D eigenvalue weighted by atomic mass is 32.2. The number of amides is 1. The van der Waals surface area contributed by atoms with Gasteiger partial charge in [-0.15, -0.1) is 0 Å². The van der Waals surface area contributed by atoms with Gasteiger partial charge in [0.1, 0.15) is 11.5 Å². The van der Waals surface area contributed by atoms with Crippen LogP contribution in [0.1, 0.15) is 90.9 Å². The van der Waals surface area contributed by atoms with Crippen molar-refractivity contribution in [3.63, 3.8) is 0 Å². The van der Waals surface area contributed by atoms with E-state index in [1.54, 1.807) is 19.2 Å². The molecule has 9 nitrogen and oxygen atoms in total. The summed E-state index contributed by atoms with van der Waals surface area (Å²) in [5.74, 6) is 0.887. The number of aryl methyl sites for hydroxylation is 1. The molecule has 2 aliphatic heterocycles. The number of hydrogen-bond donors (Lipinski definition) is 2. The SMILES string of the molecule is COc1cc(C)c2[nH]ccc2c1CN1CC[C@H]2C[C@H]1c1ccc(C(=O)NS(=O)(=O)C3CCCC3)cc1OCCCCCO2. The molecule has 0 radical (unpaired) electrons. The molecule has 6 rings (SSSR count). The predicted molar refractivity (Wildman–Crippen MR) is 166 cm³/mol. The van der Waals surface area contributed by atoms with Crippen molar-refractivity contribution in [1.82, 2.24) is 14.6 Å². The molecule has 1 amide bonds. The first-order valence-electron chi connectivity index (χ1n) is 15.7. The quantitative estimate of drug-likeness (QED) is 0.365. The van der Waals surface area contributed by atoms with Crippen LogP contribution in [0.3, 0.4) is 0 Å². The minimum atomic E-state index is -3.72. The number of fused-ring (bicyclic) bond motifs is 5. The topological polar surface area (TPSA) is 110 Å². The van der Waals surface area contributed by atoms with Crippen molar-refractivity contribution in [2.45, 2.75) is 88.7 Å². The molecule has 2 N–H and O–H groups in total. The Morgan fingerprint density at radius 3 is 2.70 bits per heavy atom. The number of benzene rings is 2. The number of ether oxygens (including phenoxy) is 3. The van der Waals surface area contributed by atoms with Crippen molar-refractivity contribution in [3.8, 4) is 11.5 Å². The number of piperidine rings is 1. The first-order chi connectivity index (χ1) is 20.8. The van der Waals surface area contributed by atoms with Gasteiger partial charge in [0.2, 0.25) is 10.0 Å². The second-order valence-corrected chi connectivity index (χ2v) is 14.1. The highest BCUT2D eigenvalue weighted by Gasteiger charge is 2.34. The van der Waals surface area contributed by atoms with Crippen LogP contribution >= 0.6 is 0 Å². The fourth-order valence-corrected chi connectivity index (χ4v) is 8.49. The molecule has 2 aromatic carbocycles. The van der Waals surface area contributed by atoms with Crippen molar-refractivity contribution in [2.75, 3.05) is 26.9 Å². The van der Waals surface area contributed by atoms with Crippen LogP contribution in [-0.2, 0) is 21.3 Å². The van der Waals surface area contributed by atoms with E-state index in [4.69, 9.17) is 14.2 Å². The number of aromatic nitrogens is 1. The lowest BCUT2D eigenvalue weighted by molar-refractivity contribution is -0.0216. The lowest BCUT2D eigenvalue weighted by Crippen LogP contribution is -2.40. The summed E-state index contributed by atoms with van der Waals surface area (Å²) in [7, 11) is -2.00. The molecule has 10 heteroatoms. The van der Waals surface area contributed by atoms with Gasteiger partial charge in [0.05, 0.1) is 25.1 Å². The van der Waals surface area contributed by atoms with Gasteiger partial charge in [-0.25, -0.2) is 13.1 Å². The Labute approximate surface area is 254 Å². The zero-order valence-electron chi connectivity index (χ0n) is 25.2. The third kappa shape index (κ3) is 6.42. The number of nitrogens with zero attached hydrogens (tertiary/aromatic N) is 1. The summed E-state index contributed by atoms with van der Waals surface area (Å²) in [6.45, 7) is 4.86. The molecule has 0 spiro atoms. The molecule has 1 saturated carbocycles. The first-order valence-corrected chi connectivity index (χ1v) is 17.2. The average Bonchev–Trinajstić information content (AvgIpc) is 3.72. The fourth-order valence-electron chi connectivity index (χ4n) is 6.99. The molecule has 0 unspecified atom stereocenters. The summed E-state index contributed by atoms with van der Waals surface area (Å²) in [5, 5.41) is 0.644. The van der Waals surface area contributed by atoms with Gasteiger partial charge in [0.15, 0.2) is 0 Å². The predicted octanol–water partition coefficient (Wildman–Crippen LogP) is 5.77. The van der Waals surface area contributed by atoms with Crippen molar-refractivity contribution < 1.29 is 27.4 Å². The zero-order valence-corrected chi connectivity index (χ0v) is 26.0. The number of sulfonamides is 1. The standard InChI is InChI=1S/C33H43N3O6S/c1-22-18-30(40-2)28(26-12-14-34-32(22)26)21-36-15-13-24-20-29(36)27-11-10-23(19-31(27)42-17-7-3-6-16-41-24)33(37)35-43(38,39)25-8-4-5-9-25/h10-12,14,18-19,24-25,29,34H,3-9,13,15-17,20-21H2,1-2H3,(H,35,37)/t24-,29-/m0/s1. The van der Waals surface area contributed by atoms with Crippen LogP contribution < -0.4 is 14.2 Å². The van der Waals surface area contributed by atoms with Crippen LogP contribution in [0.5, 0.6) is 11.5 Å². The third-order valence-electron chi connectivity index (χ3n) is 9.37. The van der Waals surface area contributed by atoms with Crippen molar-refractivity contribution >= 4 is 26.8 Å². The molecule has 1 saturated heterocycles. The van der Waals surface area contributed by atoms with E-state index in [1.165, 1.54) is 0 Å². The molecule has 1 aromatic heterocycles. The maximum atomic E-state index is 13.2. The van der Waals surface area contributed by atoms with E-state index in [2.05, 4.69) is 33.7 Å². The Morgan fingerprint density at radius 1 is 1.07 bits per heavy atom. The summed E-state index contributed by atoms with van der Waals surface area (Å²) >= 11 is 0. The van der Waals surface area contributed by atoms with E-state index < -0.39 is 21.2 Å². The highest BCUT2D eigenvalue weighted by Crippen LogP contribution is 2.41. The number of nitrogens with one attached hydrogen (secondary N) is 2. The maximum absolute atomic E-state index is 13.2. The summed E-state index contributed by atoms with van der Waals surface area (Å²) in [5.41, 5.74) is 4.65. The summed E-state index contributed by atoms with van der Waals surface area (Å²) < 4.78 is 46.7. The maximum Gasteiger partial charge on any atom is 0.264 e. The Kier molecular flexibility index (Phi) is 8.98. The Hall–Kier alpha value is -3.08. The van der Waals surface area contributed by atoms with Crippen LogP contribution in [0, 0.1) is 6.92 Å². The highest BCUT2D eigenvalue weighted by molar-refractivity contribution is 7.90. The molecule has 2 bridgehead atoms. The van der Waals surface area contributed by atoms with Gasteiger partial charge in [0, 0.05) is 59.5 Å². The average molecular weight is 610 g/mol. The molecule has 2 fully saturated rings. The molecule has 2 atom stereocenters. The number of carbonyl (C=O) groups is 1. The number of H-pyrrole nitrogens is 1. The van der Waals surface area contributed by atoms with E-state index in [0.717, 1.165) is 91.4 Å². The van der Waals surface area contributed by atoms with Gasteiger partial charge < -0.3 is 19.2 Å². The molecule has 232 valence electrons. The largest absolute Gasteiger partial charge is 0.496 e. The van der Waals surface area contributed by atoms with Gasteiger partial charge in [-0.1, -0.05) is 18.9 Å². The lowest BCUT2D eigenvalue weighted by Gasteiger charge is -2.40. The Bertz CT molecular complexity index is 1560. The van der Waals surface area contributed by atoms with Crippen LogP contribution in [0.15, 0.2) is 36.5 Å². The van der Waals surface area contributed by atoms with Gasteiger partial charge in [-0.3, -0.25) is 9.69 Å². The van der Waals surface area contributed by atoms with Crippen molar-refractivity contribution in [2.24, 2.45) is 0 Å². The molecular weight excluding hydrogens is 566 g/mol. The fraction of sp³-hybridized carbons (Fsp3) is 0.545. The minimum Gasteiger partial charge on any atom is -0.496 e. The number of aromatic amines is 1. The summed E-state index contributed by atoms with van der Waals surface area (Å²) in [4.78, 5) is 19.0. The Balaban J connectivity index is 1.34. The Morgan fingerprint density at radius 2 is 1.88 bits per heavy atom. The van der Waals surface area contributed by atoms with Crippen molar-refractivity contribution in [1.29, 1.82) is 0 Å². The van der Waals surface area contributed by atoms with Crippen molar-refractivity contribution in [3.05, 3.63) is 58.8 Å². The molecular formula is C33H43N3O6S. The number of likely N-dealkylation sites (tertiary alicyclic amines) is 1. The zero-order chi connectivity index (χ0) is 30.0. The van der Waals surface area contributed by atoms with Crippen LogP contribution in [0.4, 0.5) is 0 Å². The normalized spacial score (nSPS) is 22.3.